The van der Waals surface area contributed by atoms with E-state index in [1.807, 2.05) is 24.3 Å². The molecular formula is C21H20FN3O4. The second-order valence-electron chi connectivity index (χ2n) is 6.99. The Morgan fingerprint density at radius 2 is 1.93 bits per heavy atom. The van der Waals surface area contributed by atoms with Crippen LogP contribution in [-0.4, -0.2) is 22.8 Å². The Hall–Kier alpha value is -3.42. The fourth-order valence-electron chi connectivity index (χ4n) is 3.18. The number of carbonyl (C=O) groups is 1. The van der Waals surface area contributed by atoms with Crippen molar-refractivity contribution in [2.45, 2.75) is 25.4 Å². The fourth-order valence-corrected chi connectivity index (χ4v) is 3.18. The van der Waals surface area contributed by atoms with Crippen molar-refractivity contribution in [3.05, 3.63) is 70.5 Å². The first kappa shape index (κ1) is 18.9. The third-order valence-corrected chi connectivity index (χ3v) is 4.88. The summed E-state index contributed by atoms with van der Waals surface area (Å²) in [5.41, 5.74) is 1.44. The third kappa shape index (κ3) is 4.37. The van der Waals surface area contributed by atoms with Crippen LogP contribution in [0, 0.1) is 11.7 Å². The van der Waals surface area contributed by atoms with Crippen LogP contribution < -0.4 is 15.8 Å². The van der Waals surface area contributed by atoms with Gasteiger partial charge in [-0.05, 0) is 60.7 Å². The first-order valence-corrected chi connectivity index (χ1v) is 9.30. The van der Waals surface area contributed by atoms with Crippen molar-refractivity contribution in [1.82, 2.24) is 15.1 Å². The van der Waals surface area contributed by atoms with E-state index < -0.39 is 11.6 Å². The van der Waals surface area contributed by atoms with E-state index in [2.05, 4.69) is 10.4 Å². The monoisotopic (exact) mass is 397 g/mol. The smallest absolute Gasteiger partial charge is 0.437 e. The molecule has 1 unspecified atom stereocenters. The average Bonchev–Trinajstić information content (AvgIpc) is 3.51. The normalized spacial score (nSPS) is 14.4. The van der Waals surface area contributed by atoms with Crippen molar-refractivity contribution in [2.75, 3.05) is 7.11 Å². The molecule has 1 atom stereocenters. The van der Waals surface area contributed by atoms with Gasteiger partial charge in [-0.2, -0.15) is 4.68 Å². The number of rotatable bonds is 7. The molecule has 1 fully saturated rings. The Morgan fingerprint density at radius 1 is 1.24 bits per heavy atom. The number of hydrogen-bond donors (Lipinski definition) is 1. The number of aromatic nitrogens is 2. The average molecular weight is 397 g/mol. The van der Waals surface area contributed by atoms with Crippen molar-refractivity contribution in [3.8, 4) is 17.2 Å². The highest BCUT2D eigenvalue weighted by atomic mass is 19.1. The largest absolute Gasteiger partial charge is 0.497 e. The zero-order valence-corrected chi connectivity index (χ0v) is 15.8. The molecule has 7 nitrogen and oxygen atoms in total. The highest BCUT2D eigenvalue weighted by Crippen LogP contribution is 2.41. The molecule has 1 amide bonds. The number of nitrogens with zero attached hydrogens (tertiary/aromatic N) is 2. The van der Waals surface area contributed by atoms with E-state index >= 15 is 0 Å². The van der Waals surface area contributed by atoms with Gasteiger partial charge in [0.2, 0.25) is 11.8 Å². The molecule has 1 heterocycles. The first-order chi connectivity index (χ1) is 14.0. The number of amides is 1. The van der Waals surface area contributed by atoms with Crippen molar-refractivity contribution < 1.29 is 18.3 Å². The maximum Gasteiger partial charge on any atom is 0.437 e. The number of carbonyl (C=O) groups excluding carboxylic acids is 1. The predicted octanol–water partition coefficient (Wildman–Crippen LogP) is 2.92. The van der Waals surface area contributed by atoms with Crippen molar-refractivity contribution in [3.63, 3.8) is 0 Å². The highest BCUT2D eigenvalue weighted by Gasteiger charge is 2.33. The van der Waals surface area contributed by atoms with Gasteiger partial charge in [-0.1, -0.05) is 12.1 Å². The number of benzene rings is 2. The summed E-state index contributed by atoms with van der Waals surface area (Å²) in [4.78, 5) is 24.6. The molecule has 8 heteroatoms. The zero-order valence-electron chi connectivity index (χ0n) is 15.8. The van der Waals surface area contributed by atoms with Crippen LogP contribution in [0.2, 0.25) is 0 Å². The van der Waals surface area contributed by atoms with Gasteiger partial charge in [-0.25, -0.2) is 9.18 Å². The Balaban J connectivity index is 1.47. The molecule has 4 rings (SSSR count). The van der Waals surface area contributed by atoms with Crippen LogP contribution in [0.1, 0.15) is 24.4 Å². The summed E-state index contributed by atoms with van der Waals surface area (Å²) in [6.45, 7) is -0.261. The fraction of sp³-hybridized carbons (Fsp3) is 0.286. The summed E-state index contributed by atoms with van der Waals surface area (Å²) < 4.78 is 24.3. The minimum absolute atomic E-state index is 0.0386. The molecule has 0 radical (unpaired) electrons. The Bertz CT molecular complexity index is 1050. The van der Waals surface area contributed by atoms with Crippen LogP contribution >= 0.6 is 0 Å². The molecule has 1 saturated carbocycles. The summed E-state index contributed by atoms with van der Waals surface area (Å²) in [5, 5.41) is 7.04. The second kappa shape index (κ2) is 7.90. The van der Waals surface area contributed by atoms with E-state index in [0.29, 0.717) is 11.5 Å². The van der Waals surface area contributed by atoms with Gasteiger partial charge in [0.25, 0.3) is 0 Å². The molecule has 0 saturated heterocycles. The lowest BCUT2D eigenvalue weighted by Gasteiger charge is -2.19. The molecule has 1 N–H and O–H groups in total. The van der Waals surface area contributed by atoms with E-state index in [4.69, 9.17) is 9.15 Å². The predicted molar refractivity (Wildman–Crippen MR) is 103 cm³/mol. The summed E-state index contributed by atoms with van der Waals surface area (Å²) in [5.74, 6) is -0.324. The van der Waals surface area contributed by atoms with Gasteiger partial charge in [0.15, 0.2) is 0 Å². The van der Waals surface area contributed by atoms with Gasteiger partial charge >= 0.3 is 5.76 Å². The molecule has 3 aromatic rings. The number of methoxy groups -OCH3 is 1. The Labute approximate surface area is 166 Å². The van der Waals surface area contributed by atoms with Crippen LogP contribution in [-0.2, 0) is 11.3 Å². The van der Waals surface area contributed by atoms with Gasteiger partial charge in [-0.3, -0.25) is 4.79 Å². The molecule has 150 valence electrons. The minimum atomic E-state index is -0.744. The number of halogens is 1. The topological polar surface area (TPSA) is 86.4 Å². The molecule has 0 spiro atoms. The highest BCUT2D eigenvalue weighted by molar-refractivity contribution is 5.76. The van der Waals surface area contributed by atoms with Crippen LogP contribution in [0.3, 0.4) is 0 Å². The summed E-state index contributed by atoms with van der Waals surface area (Å²) in [6.07, 6.45) is 2.07. The van der Waals surface area contributed by atoms with Crippen LogP contribution in [0.25, 0.3) is 11.5 Å². The molecule has 29 heavy (non-hydrogen) atoms. The zero-order chi connectivity index (χ0) is 20.4. The molecule has 0 aliphatic heterocycles. The van der Waals surface area contributed by atoms with E-state index in [9.17, 15) is 14.0 Å². The standard InChI is InChI=1S/C21H20FN3O4/c1-28-17-10-6-14(7-11-17)19(13-2-3-13)23-18(26)12-25-21(27)29-20(24-25)15-4-8-16(22)9-5-15/h4-11,13,19H,2-3,12H2,1H3,(H,23,26). The lowest BCUT2D eigenvalue weighted by Crippen LogP contribution is -2.35. The van der Waals surface area contributed by atoms with E-state index in [-0.39, 0.29) is 24.4 Å². The van der Waals surface area contributed by atoms with Gasteiger partial charge < -0.3 is 14.5 Å². The van der Waals surface area contributed by atoms with Crippen molar-refractivity contribution in [2.24, 2.45) is 5.92 Å². The maximum absolute atomic E-state index is 13.1. The van der Waals surface area contributed by atoms with Gasteiger partial charge in [0.1, 0.15) is 18.1 Å². The van der Waals surface area contributed by atoms with Gasteiger partial charge in [0.05, 0.1) is 13.2 Å². The molecule has 2 aromatic carbocycles. The first-order valence-electron chi connectivity index (χ1n) is 9.30. The number of ether oxygens (including phenoxy) is 1. The number of nitrogens with one attached hydrogen (secondary N) is 1. The summed E-state index contributed by atoms with van der Waals surface area (Å²) >= 11 is 0. The third-order valence-electron chi connectivity index (χ3n) is 4.88. The van der Waals surface area contributed by atoms with Gasteiger partial charge in [0, 0.05) is 5.56 Å². The van der Waals surface area contributed by atoms with Crippen LogP contribution in [0.5, 0.6) is 5.75 Å². The molecule has 0 bridgehead atoms. The van der Waals surface area contributed by atoms with E-state index in [1.165, 1.54) is 24.3 Å². The van der Waals surface area contributed by atoms with Crippen molar-refractivity contribution >= 4 is 5.91 Å². The minimum Gasteiger partial charge on any atom is -0.497 e. The lowest BCUT2D eigenvalue weighted by atomic mass is 10.0. The maximum atomic E-state index is 13.1. The van der Waals surface area contributed by atoms with E-state index in [1.54, 1.807) is 7.11 Å². The summed E-state index contributed by atoms with van der Waals surface area (Å²) in [6, 6.07) is 12.8. The lowest BCUT2D eigenvalue weighted by molar-refractivity contribution is -0.122. The molecule has 1 aliphatic rings. The van der Waals surface area contributed by atoms with E-state index in [0.717, 1.165) is 28.8 Å². The molecule has 1 aromatic heterocycles. The Kier molecular flexibility index (Phi) is 5.16. The van der Waals surface area contributed by atoms with Crippen molar-refractivity contribution in [1.29, 1.82) is 0 Å². The second-order valence-corrected chi connectivity index (χ2v) is 6.99. The Morgan fingerprint density at radius 3 is 2.55 bits per heavy atom. The molecular weight excluding hydrogens is 377 g/mol. The summed E-state index contributed by atoms with van der Waals surface area (Å²) in [7, 11) is 1.60. The van der Waals surface area contributed by atoms with Crippen LogP contribution in [0.15, 0.2) is 57.7 Å². The SMILES string of the molecule is COc1ccc(C(NC(=O)Cn2nc(-c3ccc(F)cc3)oc2=O)C2CC2)cc1. The van der Waals surface area contributed by atoms with Crippen LogP contribution in [0.4, 0.5) is 4.39 Å². The van der Waals surface area contributed by atoms with Gasteiger partial charge in [-0.15, -0.1) is 5.10 Å². The number of hydrogen-bond acceptors (Lipinski definition) is 5. The quantitative estimate of drug-likeness (QED) is 0.663. The molecule has 1 aliphatic carbocycles.